The summed E-state index contributed by atoms with van der Waals surface area (Å²) in [6.45, 7) is 1.55. The van der Waals surface area contributed by atoms with E-state index in [1.54, 1.807) is 13.1 Å². The van der Waals surface area contributed by atoms with Crippen LogP contribution in [0.25, 0.3) is 6.08 Å². The van der Waals surface area contributed by atoms with Gasteiger partial charge in [0.2, 0.25) is 0 Å². The molecule has 0 radical (unpaired) electrons. The molecule has 0 aliphatic heterocycles. The number of rotatable bonds is 3. The molecule has 0 bridgehead atoms. The fourth-order valence-corrected chi connectivity index (χ4v) is 1.21. The van der Waals surface area contributed by atoms with Gasteiger partial charge in [-0.1, -0.05) is 23.9 Å². The molecule has 0 amide bonds. The van der Waals surface area contributed by atoms with Gasteiger partial charge in [-0.05, 0) is 0 Å². The van der Waals surface area contributed by atoms with Crippen LogP contribution >= 0.6 is 11.8 Å². The average molecular weight is 197 g/mol. The lowest BCUT2D eigenvalue weighted by Gasteiger charge is -1.89. The van der Waals surface area contributed by atoms with Crippen molar-refractivity contribution in [1.82, 2.24) is 10.2 Å². The fraction of sp³-hybridized carbons (Fsp3) is 0.250. The summed E-state index contributed by atoms with van der Waals surface area (Å²) in [5, 5.41) is 6.50. The minimum Gasteiger partial charge on any atom is -0.384 e. The quantitative estimate of drug-likeness (QED) is 0.765. The van der Waals surface area contributed by atoms with E-state index in [0.717, 1.165) is 5.56 Å². The summed E-state index contributed by atoms with van der Waals surface area (Å²) < 4.78 is 0. The number of nitrogens with one attached hydrogen (secondary N) is 1. The molecular weight excluding hydrogens is 186 g/mol. The Hall–Kier alpha value is -1.23. The third kappa shape index (κ3) is 3.33. The Bertz CT molecular complexity index is 319. The van der Waals surface area contributed by atoms with Gasteiger partial charge in [-0.3, -0.25) is 9.89 Å². The number of nitrogens with two attached hydrogens (primary N) is 1. The van der Waals surface area contributed by atoms with E-state index in [1.807, 2.05) is 12.2 Å². The van der Waals surface area contributed by atoms with Gasteiger partial charge in [0.05, 0.1) is 6.20 Å². The van der Waals surface area contributed by atoms with Crippen LogP contribution in [0, 0.1) is 0 Å². The first-order valence-electron chi connectivity index (χ1n) is 3.79. The standard InChI is InChI=1S/C8H11N3OS/c1-6(12)13-4-2-3-7-5-10-11-8(7)9/h2-3,5H,4H2,1H3,(H3,9,10,11). The molecule has 0 spiro atoms. The number of H-pyrrole nitrogens is 1. The van der Waals surface area contributed by atoms with Crippen molar-refractivity contribution in [1.29, 1.82) is 0 Å². The summed E-state index contributed by atoms with van der Waals surface area (Å²) >= 11 is 1.26. The maximum atomic E-state index is 10.6. The van der Waals surface area contributed by atoms with Crippen LogP contribution in [-0.4, -0.2) is 21.1 Å². The SMILES string of the molecule is CC(=O)SCC=Cc1cn[nH]c1N. The summed E-state index contributed by atoms with van der Waals surface area (Å²) in [4.78, 5) is 10.6. The van der Waals surface area contributed by atoms with Gasteiger partial charge in [0.1, 0.15) is 5.82 Å². The highest BCUT2D eigenvalue weighted by molar-refractivity contribution is 8.13. The molecule has 0 atom stereocenters. The van der Waals surface area contributed by atoms with Gasteiger partial charge in [0.25, 0.3) is 0 Å². The molecular formula is C8H11N3OS. The molecule has 5 heteroatoms. The Morgan fingerprint density at radius 3 is 3.15 bits per heavy atom. The zero-order valence-electron chi connectivity index (χ0n) is 7.28. The van der Waals surface area contributed by atoms with Crippen molar-refractivity contribution in [3.63, 3.8) is 0 Å². The predicted octanol–water partition coefficient (Wildman–Crippen LogP) is 1.28. The third-order valence-corrected chi connectivity index (χ3v) is 2.15. The highest BCUT2D eigenvalue weighted by Crippen LogP contribution is 2.09. The minimum absolute atomic E-state index is 0.116. The Kier molecular flexibility index (Phi) is 3.57. The van der Waals surface area contributed by atoms with Crippen molar-refractivity contribution in [2.45, 2.75) is 6.92 Å². The maximum Gasteiger partial charge on any atom is 0.186 e. The first kappa shape index (κ1) is 9.85. The molecule has 0 aliphatic rings. The van der Waals surface area contributed by atoms with Crippen molar-refractivity contribution >= 4 is 28.8 Å². The minimum atomic E-state index is 0.116. The molecule has 1 heterocycles. The van der Waals surface area contributed by atoms with Crippen LogP contribution in [0.4, 0.5) is 5.82 Å². The molecule has 1 aromatic heterocycles. The third-order valence-electron chi connectivity index (χ3n) is 1.38. The highest BCUT2D eigenvalue weighted by Gasteiger charge is 1.95. The first-order chi connectivity index (χ1) is 6.20. The molecule has 1 rings (SSSR count). The molecule has 0 saturated heterocycles. The zero-order valence-corrected chi connectivity index (χ0v) is 8.10. The molecule has 70 valence electrons. The van der Waals surface area contributed by atoms with Crippen molar-refractivity contribution in [2.24, 2.45) is 0 Å². The second-order valence-corrected chi connectivity index (χ2v) is 3.64. The number of hydrogen-bond acceptors (Lipinski definition) is 4. The number of anilines is 1. The van der Waals surface area contributed by atoms with E-state index < -0.39 is 0 Å². The van der Waals surface area contributed by atoms with Crippen LogP contribution in [0.5, 0.6) is 0 Å². The molecule has 0 fully saturated rings. The van der Waals surface area contributed by atoms with Gasteiger partial charge >= 0.3 is 0 Å². The number of aromatic nitrogens is 2. The second kappa shape index (κ2) is 4.71. The number of carbonyl (C=O) groups excluding carboxylic acids is 1. The van der Waals surface area contributed by atoms with E-state index in [9.17, 15) is 4.79 Å². The molecule has 3 N–H and O–H groups in total. The van der Waals surface area contributed by atoms with Gasteiger partial charge in [0, 0.05) is 18.2 Å². The van der Waals surface area contributed by atoms with E-state index in [1.165, 1.54) is 11.8 Å². The lowest BCUT2D eigenvalue weighted by Crippen LogP contribution is -1.86. The Morgan fingerprint density at radius 2 is 2.62 bits per heavy atom. The smallest absolute Gasteiger partial charge is 0.186 e. The average Bonchev–Trinajstić information content (AvgIpc) is 2.45. The number of hydrogen-bond donors (Lipinski definition) is 2. The van der Waals surface area contributed by atoms with E-state index in [0.29, 0.717) is 11.6 Å². The Morgan fingerprint density at radius 1 is 1.85 bits per heavy atom. The lowest BCUT2D eigenvalue weighted by atomic mass is 10.3. The van der Waals surface area contributed by atoms with Crippen LogP contribution in [0.2, 0.25) is 0 Å². The van der Waals surface area contributed by atoms with Gasteiger partial charge in [0.15, 0.2) is 5.12 Å². The summed E-state index contributed by atoms with van der Waals surface area (Å²) in [5.74, 6) is 1.21. The number of aromatic amines is 1. The normalized spacial score (nSPS) is 10.8. The maximum absolute atomic E-state index is 10.6. The first-order valence-corrected chi connectivity index (χ1v) is 4.77. The van der Waals surface area contributed by atoms with Crippen molar-refractivity contribution < 1.29 is 4.79 Å². The summed E-state index contributed by atoms with van der Waals surface area (Å²) in [7, 11) is 0. The lowest BCUT2D eigenvalue weighted by molar-refractivity contribution is -0.109. The summed E-state index contributed by atoms with van der Waals surface area (Å²) in [5.41, 5.74) is 6.39. The second-order valence-electron chi connectivity index (χ2n) is 2.44. The summed E-state index contributed by atoms with van der Waals surface area (Å²) in [6.07, 6.45) is 5.37. The van der Waals surface area contributed by atoms with E-state index in [4.69, 9.17) is 5.73 Å². The fourth-order valence-electron chi connectivity index (χ4n) is 0.779. The number of thioether (sulfide) groups is 1. The van der Waals surface area contributed by atoms with Crippen LogP contribution < -0.4 is 5.73 Å². The van der Waals surface area contributed by atoms with E-state index in [-0.39, 0.29) is 5.12 Å². The van der Waals surface area contributed by atoms with Crippen LogP contribution in [0.3, 0.4) is 0 Å². The molecule has 0 unspecified atom stereocenters. The largest absolute Gasteiger partial charge is 0.384 e. The number of nitrogen functional groups attached to an aromatic ring is 1. The molecule has 13 heavy (non-hydrogen) atoms. The summed E-state index contributed by atoms with van der Waals surface area (Å²) in [6, 6.07) is 0. The topological polar surface area (TPSA) is 71.8 Å². The van der Waals surface area contributed by atoms with Gasteiger partial charge in [-0.25, -0.2) is 0 Å². The molecule has 0 saturated carbocycles. The van der Waals surface area contributed by atoms with Crippen LogP contribution in [0.1, 0.15) is 12.5 Å². The Labute approximate surface area is 80.6 Å². The van der Waals surface area contributed by atoms with Crippen molar-refractivity contribution in [3.05, 3.63) is 17.8 Å². The Balaban J connectivity index is 2.41. The monoisotopic (exact) mass is 197 g/mol. The van der Waals surface area contributed by atoms with E-state index in [2.05, 4.69) is 10.2 Å². The zero-order chi connectivity index (χ0) is 9.68. The van der Waals surface area contributed by atoms with Gasteiger partial charge in [-0.15, -0.1) is 0 Å². The van der Waals surface area contributed by atoms with Crippen LogP contribution in [0.15, 0.2) is 12.3 Å². The number of nitrogens with zero attached hydrogens (tertiary/aromatic N) is 1. The van der Waals surface area contributed by atoms with Crippen LogP contribution in [-0.2, 0) is 4.79 Å². The van der Waals surface area contributed by atoms with Gasteiger partial charge in [-0.2, -0.15) is 5.10 Å². The van der Waals surface area contributed by atoms with Crippen molar-refractivity contribution in [2.75, 3.05) is 11.5 Å². The highest BCUT2D eigenvalue weighted by atomic mass is 32.2. The van der Waals surface area contributed by atoms with E-state index >= 15 is 0 Å². The molecule has 0 aliphatic carbocycles. The molecule has 4 nitrogen and oxygen atoms in total. The van der Waals surface area contributed by atoms with Crippen molar-refractivity contribution in [3.8, 4) is 0 Å². The number of carbonyl (C=O) groups is 1. The molecule has 0 aromatic carbocycles. The predicted molar refractivity (Wildman–Crippen MR) is 55.2 cm³/mol. The van der Waals surface area contributed by atoms with Gasteiger partial charge < -0.3 is 5.73 Å². The molecule has 1 aromatic rings.